The molecule has 3 aliphatic rings. The molecule has 1 aromatic rings. The van der Waals surface area contributed by atoms with Crippen LogP contribution >= 0.6 is 0 Å². The van der Waals surface area contributed by atoms with E-state index in [0.717, 1.165) is 25.9 Å². The van der Waals surface area contributed by atoms with Crippen molar-refractivity contribution < 1.29 is 93.1 Å². The van der Waals surface area contributed by atoms with Crippen molar-refractivity contribution in [2.45, 2.75) is 87.5 Å². The second kappa shape index (κ2) is 18.9. The summed E-state index contributed by atoms with van der Waals surface area (Å²) in [4.78, 5) is 37.5. The maximum atomic E-state index is 13.1. The minimum atomic E-state index is -1.95. The van der Waals surface area contributed by atoms with Crippen LogP contribution in [-0.4, -0.2) is 160 Å². The molecule has 0 radical (unpaired) electrons. The lowest BCUT2D eigenvalue weighted by molar-refractivity contribution is -0.369. The summed E-state index contributed by atoms with van der Waals surface area (Å²) in [5, 5.41) is 81.9. The van der Waals surface area contributed by atoms with Crippen molar-refractivity contribution in [1.82, 2.24) is 0 Å². The molecule has 2 fully saturated rings. The highest BCUT2D eigenvalue weighted by Gasteiger charge is 2.52. The van der Waals surface area contributed by atoms with Crippen LogP contribution in [0.15, 0.2) is 47.7 Å². The zero-order valence-electron chi connectivity index (χ0n) is 28.2. The summed E-state index contributed by atoms with van der Waals surface area (Å²) >= 11 is 0. The molecule has 0 amide bonds. The van der Waals surface area contributed by atoms with Gasteiger partial charge in [0.15, 0.2) is 12.6 Å². The normalized spacial score (nSPS) is 34.2. The monoisotopic (exact) mass is 744 g/mol. The van der Waals surface area contributed by atoms with Crippen LogP contribution < -0.4 is 0 Å². The summed E-state index contributed by atoms with van der Waals surface area (Å²) < 4.78 is 43.5. The fourth-order valence-electron chi connectivity index (χ4n) is 5.73. The van der Waals surface area contributed by atoms with Crippen LogP contribution in [0.3, 0.4) is 0 Å². The highest BCUT2D eigenvalue weighted by Crippen LogP contribution is 2.37. The third kappa shape index (κ3) is 10.0. The topological polar surface area (TPSA) is 287 Å². The number of carbonyl (C=O) groups is 3. The van der Waals surface area contributed by atoms with Crippen molar-refractivity contribution in [3.05, 3.63) is 53.3 Å². The molecule has 0 spiro atoms. The number of methoxy groups -OCH3 is 1. The van der Waals surface area contributed by atoms with Crippen molar-refractivity contribution >= 4 is 17.9 Å². The predicted molar refractivity (Wildman–Crippen MR) is 168 cm³/mol. The van der Waals surface area contributed by atoms with E-state index in [1.807, 2.05) is 0 Å². The number of aliphatic hydroxyl groups excluding tert-OH is 7. The van der Waals surface area contributed by atoms with E-state index in [9.17, 15) is 55.2 Å². The molecule has 0 aliphatic carbocycles. The van der Waals surface area contributed by atoms with Crippen molar-refractivity contribution in [2.75, 3.05) is 33.5 Å². The first kappa shape index (κ1) is 41.0. The van der Waals surface area contributed by atoms with Gasteiger partial charge in [-0.05, 0) is 23.8 Å². The van der Waals surface area contributed by atoms with E-state index in [-0.39, 0.29) is 30.1 Å². The van der Waals surface area contributed by atoms with E-state index in [1.165, 1.54) is 18.2 Å². The second-order valence-corrected chi connectivity index (χ2v) is 12.1. The number of hydrogen-bond acceptors (Lipinski definition) is 19. The van der Waals surface area contributed by atoms with Crippen molar-refractivity contribution in [3.63, 3.8) is 0 Å². The molecule has 3 heterocycles. The van der Waals surface area contributed by atoms with Crippen LogP contribution in [0.2, 0.25) is 0 Å². The molecular weight excluding hydrogens is 700 g/mol. The zero-order valence-corrected chi connectivity index (χ0v) is 28.2. The van der Waals surface area contributed by atoms with Gasteiger partial charge >= 0.3 is 17.9 Å². The fraction of sp³-hybridized carbons (Fsp3) is 0.606. The Morgan fingerprint density at radius 2 is 1.46 bits per heavy atom. The fourth-order valence-corrected chi connectivity index (χ4v) is 5.73. The number of carbonyl (C=O) groups excluding carboxylic acids is 3. The molecule has 8 N–H and O–H groups in total. The molecule has 52 heavy (non-hydrogen) atoms. The smallest absolute Gasteiger partial charge is 0.337 e. The van der Waals surface area contributed by atoms with Crippen LogP contribution in [-0.2, 0) is 58.7 Å². The molecule has 0 saturated carbocycles. The number of hydrogen-bond donors (Lipinski definition) is 8. The Hall–Kier alpha value is -3.73. The number of phenolic OH excluding ortho intramolecular Hbond substituents is 1. The number of ether oxygens (including phenoxy) is 8. The van der Waals surface area contributed by atoms with Crippen molar-refractivity contribution in [1.29, 1.82) is 0 Å². The van der Waals surface area contributed by atoms with Crippen molar-refractivity contribution in [2.24, 2.45) is 5.92 Å². The molecular formula is C33H44O19. The van der Waals surface area contributed by atoms with E-state index in [1.54, 1.807) is 12.1 Å². The Kier molecular flexibility index (Phi) is 14.9. The molecule has 19 nitrogen and oxygen atoms in total. The lowest BCUT2D eigenvalue weighted by Gasteiger charge is -2.46. The minimum Gasteiger partial charge on any atom is -0.508 e. The van der Waals surface area contributed by atoms with Gasteiger partial charge < -0.3 is 78.7 Å². The number of rotatable bonds is 14. The van der Waals surface area contributed by atoms with Gasteiger partial charge in [0.1, 0.15) is 61.2 Å². The average Bonchev–Trinajstić information content (AvgIpc) is 3.12. The predicted octanol–water partition coefficient (Wildman–Crippen LogP) is -2.97. The van der Waals surface area contributed by atoms with Crippen LogP contribution in [0, 0.1) is 5.92 Å². The maximum absolute atomic E-state index is 13.1. The summed E-state index contributed by atoms with van der Waals surface area (Å²) in [6.07, 6.45) is -16.9. The Labute approximate surface area is 297 Å². The quantitative estimate of drug-likeness (QED) is 0.0536. The number of esters is 3. The molecule has 3 aliphatic heterocycles. The van der Waals surface area contributed by atoms with Crippen LogP contribution in [0.5, 0.6) is 5.75 Å². The molecule has 290 valence electrons. The van der Waals surface area contributed by atoms with Gasteiger partial charge in [-0.3, -0.25) is 9.59 Å². The first-order valence-electron chi connectivity index (χ1n) is 16.2. The largest absolute Gasteiger partial charge is 0.508 e. The zero-order chi connectivity index (χ0) is 38.1. The lowest BCUT2D eigenvalue weighted by atomic mass is 9.86. The van der Waals surface area contributed by atoms with Crippen LogP contribution in [0.1, 0.15) is 18.9 Å². The Bertz CT molecular complexity index is 1410. The standard InChI is InChI=1S/C33H44O19/c1-15(36)46-10-8-18-19(11-23(38)47-9-7-16-3-5-17(37)6-4-16)20(30(44)45-2)14-48-31(18)52-33-28(43)29(25(40)22(13-35)50-33)51-32-27(42)26(41)24(39)21(12-34)49-32/h3-6,8,14,19,21-22,24-29,31-35,37,39-43H,7,9-13H2,1-2H3/b18-8+/t19-,21+,22+,24+,25+,26-,27+,28+,29-,31-,32-,33-/m0/s1. The Morgan fingerprint density at radius 3 is 2.08 bits per heavy atom. The number of aliphatic hydroxyl groups is 7. The van der Waals surface area contributed by atoms with Gasteiger partial charge in [0.05, 0.1) is 45.2 Å². The third-order valence-corrected chi connectivity index (χ3v) is 8.58. The minimum absolute atomic E-state index is 0.0218. The highest BCUT2D eigenvalue weighted by molar-refractivity contribution is 5.90. The van der Waals surface area contributed by atoms with Crippen molar-refractivity contribution in [3.8, 4) is 5.75 Å². The van der Waals surface area contributed by atoms with Gasteiger partial charge in [-0.2, -0.15) is 0 Å². The van der Waals surface area contributed by atoms with E-state index in [0.29, 0.717) is 6.42 Å². The van der Waals surface area contributed by atoms with Gasteiger partial charge in [0.25, 0.3) is 0 Å². The number of phenols is 1. The first-order valence-corrected chi connectivity index (χ1v) is 16.2. The van der Waals surface area contributed by atoms with E-state index in [2.05, 4.69) is 0 Å². The molecule has 0 unspecified atom stereocenters. The van der Waals surface area contributed by atoms with Gasteiger partial charge in [-0.15, -0.1) is 0 Å². The van der Waals surface area contributed by atoms with Gasteiger partial charge in [-0.25, -0.2) is 4.79 Å². The molecule has 19 heteroatoms. The molecule has 4 rings (SSSR count). The first-order chi connectivity index (χ1) is 24.8. The second-order valence-electron chi connectivity index (χ2n) is 12.1. The Morgan fingerprint density at radius 1 is 0.827 bits per heavy atom. The van der Waals surface area contributed by atoms with Crippen LogP contribution in [0.4, 0.5) is 0 Å². The lowest BCUT2D eigenvalue weighted by Crippen LogP contribution is -2.65. The van der Waals surface area contributed by atoms with Gasteiger partial charge in [0, 0.05) is 24.8 Å². The number of aromatic hydroxyl groups is 1. The van der Waals surface area contributed by atoms with E-state index >= 15 is 0 Å². The molecule has 0 aromatic heterocycles. The molecule has 1 aromatic carbocycles. The highest BCUT2D eigenvalue weighted by atomic mass is 16.8. The Balaban J connectivity index is 1.57. The number of benzene rings is 1. The molecule has 12 atom stereocenters. The molecule has 0 bridgehead atoms. The van der Waals surface area contributed by atoms with Gasteiger partial charge in [-0.1, -0.05) is 12.1 Å². The SMILES string of the molecule is COC(=O)C1=CO[C@@H](O[C@@H]2O[C@H](CO)[C@@H](O)[C@H](O[C@@H]3O[C@H](CO)[C@@H](O)[C@H](O)[C@H]3O)[C@H]2O)/C(=C/COC(C)=O)[C@@H]1CC(=O)OCCc1ccc(O)cc1. The molecule has 2 saturated heterocycles. The maximum Gasteiger partial charge on any atom is 0.337 e. The van der Waals surface area contributed by atoms with Crippen LogP contribution in [0.25, 0.3) is 0 Å². The van der Waals surface area contributed by atoms with Gasteiger partial charge in [0.2, 0.25) is 6.29 Å². The summed E-state index contributed by atoms with van der Waals surface area (Å²) in [7, 11) is 1.10. The summed E-state index contributed by atoms with van der Waals surface area (Å²) in [5.41, 5.74) is 0.645. The summed E-state index contributed by atoms with van der Waals surface area (Å²) in [6.45, 7) is -0.921. The summed E-state index contributed by atoms with van der Waals surface area (Å²) in [5.74, 6) is -3.41. The van der Waals surface area contributed by atoms with E-state index < -0.39 is 111 Å². The average molecular weight is 745 g/mol. The summed E-state index contributed by atoms with van der Waals surface area (Å²) in [6, 6.07) is 6.26. The van der Waals surface area contributed by atoms with E-state index in [4.69, 9.17) is 37.9 Å². The third-order valence-electron chi connectivity index (χ3n) is 8.58.